The molecule has 0 aromatic heterocycles. The zero-order chi connectivity index (χ0) is 22.0. The van der Waals surface area contributed by atoms with Crippen LogP contribution in [0.1, 0.15) is 11.1 Å². The van der Waals surface area contributed by atoms with Crippen molar-refractivity contribution in [3.63, 3.8) is 0 Å². The van der Waals surface area contributed by atoms with Gasteiger partial charge in [-0.3, -0.25) is 0 Å². The van der Waals surface area contributed by atoms with Gasteiger partial charge in [-0.25, -0.2) is 24.6 Å². The monoisotopic (exact) mass is 414 g/mol. The van der Waals surface area contributed by atoms with Crippen LogP contribution < -0.4 is 5.32 Å². The highest BCUT2D eigenvalue weighted by Crippen LogP contribution is 2.06. The fourth-order valence-corrected chi connectivity index (χ4v) is 2.39. The number of quaternary nitrogens is 1. The van der Waals surface area contributed by atoms with E-state index >= 15 is 0 Å². The number of benzene rings is 2. The van der Waals surface area contributed by atoms with Crippen LogP contribution >= 0.6 is 0 Å². The summed E-state index contributed by atoms with van der Waals surface area (Å²) in [5.41, 5.74) is 1.57. The molecule has 2 aromatic rings. The molecule has 160 valence electrons. The summed E-state index contributed by atoms with van der Waals surface area (Å²) >= 11 is 0. The highest BCUT2D eigenvalue weighted by atomic mass is 16.6. The SMILES string of the molecule is C[N+](C)(C)CCN(C(=O)NC(=O)OCc1ccccc1)C(=O)OCc1ccccc1. The number of ether oxygens (including phenoxy) is 2. The zero-order valence-corrected chi connectivity index (χ0v) is 17.5. The molecule has 0 saturated carbocycles. The fraction of sp³-hybridized carbons (Fsp3) is 0.318. The maximum atomic E-state index is 12.5. The third-order valence-electron chi connectivity index (χ3n) is 4.09. The van der Waals surface area contributed by atoms with E-state index in [4.69, 9.17) is 9.47 Å². The highest BCUT2D eigenvalue weighted by Gasteiger charge is 2.27. The molecule has 8 nitrogen and oxygen atoms in total. The molecular formula is C22H28N3O5+. The van der Waals surface area contributed by atoms with Gasteiger partial charge in [-0.05, 0) is 11.1 Å². The lowest BCUT2D eigenvalue weighted by atomic mass is 10.2. The maximum Gasteiger partial charge on any atom is 0.418 e. The smallest absolute Gasteiger partial charge is 0.418 e. The minimum Gasteiger partial charge on any atom is -0.444 e. The molecule has 0 unspecified atom stereocenters. The molecule has 1 N–H and O–H groups in total. The molecule has 2 aromatic carbocycles. The second kappa shape index (κ2) is 11.0. The van der Waals surface area contributed by atoms with Crippen molar-refractivity contribution in [2.75, 3.05) is 34.2 Å². The third kappa shape index (κ3) is 8.32. The van der Waals surface area contributed by atoms with Crippen molar-refractivity contribution in [2.24, 2.45) is 0 Å². The van der Waals surface area contributed by atoms with Crippen LogP contribution in [0.5, 0.6) is 0 Å². The Morgan fingerprint density at radius 2 is 1.33 bits per heavy atom. The van der Waals surface area contributed by atoms with Crippen molar-refractivity contribution < 1.29 is 28.3 Å². The maximum absolute atomic E-state index is 12.5. The molecule has 0 aliphatic heterocycles. The normalized spacial score (nSPS) is 10.8. The van der Waals surface area contributed by atoms with E-state index in [-0.39, 0.29) is 19.8 Å². The van der Waals surface area contributed by atoms with Crippen LogP contribution in [-0.2, 0) is 22.7 Å². The number of hydrogen-bond acceptors (Lipinski definition) is 5. The van der Waals surface area contributed by atoms with E-state index in [1.807, 2.05) is 69.7 Å². The Bertz CT molecular complexity index is 835. The molecule has 0 heterocycles. The summed E-state index contributed by atoms with van der Waals surface area (Å²) in [5, 5.41) is 2.08. The Hall–Kier alpha value is -3.39. The van der Waals surface area contributed by atoms with Crippen LogP contribution in [0.2, 0.25) is 0 Å². The highest BCUT2D eigenvalue weighted by molar-refractivity contribution is 5.98. The Morgan fingerprint density at radius 3 is 1.83 bits per heavy atom. The van der Waals surface area contributed by atoms with Crippen LogP contribution in [0.25, 0.3) is 0 Å². The predicted octanol–water partition coefficient (Wildman–Crippen LogP) is 3.38. The number of carbonyl (C=O) groups excluding carboxylic acids is 3. The first-order chi connectivity index (χ1) is 14.2. The number of amides is 4. The summed E-state index contributed by atoms with van der Waals surface area (Å²) in [5.74, 6) is 0. The van der Waals surface area contributed by atoms with Gasteiger partial charge in [0, 0.05) is 0 Å². The molecule has 30 heavy (non-hydrogen) atoms. The molecule has 0 aliphatic rings. The van der Waals surface area contributed by atoms with Gasteiger partial charge in [0.1, 0.15) is 13.2 Å². The number of nitrogens with zero attached hydrogens (tertiary/aromatic N) is 2. The molecule has 8 heteroatoms. The predicted molar refractivity (Wildman–Crippen MR) is 111 cm³/mol. The van der Waals surface area contributed by atoms with Gasteiger partial charge in [-0.15, -0.1) is 0 Å². The number of rotatable bonds is 7. The summed E-state index contributed by atoms with van der Waals surface area (Å²) in [7, 11) is 5.79. The minimum atomic E-state index is -0.935. The summed E-state index contributed by atoms with van der Waals surface area (Å²) in [6.45, 7) is 0.589. The second-order valence-electron chi connectivity index (χ2n) is 7.70. The van der Waals surface area contributed by atoms with Crippen LogP contribution in [0.3, 0.4) is 0 Å². The average Bonchev–Trinajstić information content (AvgIpc) is 2.71. The van der Waals surface area contributed by atoms with Gasteiger partial charge in [0.2, 0.25) is 0 Å². The molecule has 0 aliphatic carbocycles. The standard InChI is InChI=1S/C22H27N3O5/c1-25(2,3)15-14-24(22(28)30-17-19-12-8-5-9-13-19)20(26)23-21(27)29-16-18-10-6-4-7-11-18/h4-13H,14-17H2,1-3H3/p+1. The van der Waals surface area contributed by atoms with E-state index in [0.29, 0.717) is 11.0 Å². The van der Waals surface area contributed by atoms with E-state index < -0.39 is 18.2 Å². The van der Waals surface area contributed by atoms with Crippen molar-refractivity contribution in [1.82, 2.24) is 10.2 Å². The first-order valence-corrected chi connectivity index (χ1v) is 9.55. The topological polar surface area (TPSA) is 84.9 Å². The molecule has 0 fully saturated rings. The second-order valence-corrected chi connectivity index (χ2v) is 7.70. The number of imide groups is 2. The van der Waals surface area contributed by atoms with Crippen molar-refractivity contribution in [1.29, 1.82) is 0 Å². The fourth-order valence-electron chi connectivity index (χ4n) is 2.39. The Morgan fingerprint density at radius 1 is 0.833 bits per heavy atom. The average molecular weight is 414 g/mol. The van der Waals surface area contributed by atoms with Gasteiger partial charge in [0.25, 0.3) is 0 Å². The Labute approximate surface area is 176 Å². The molecule has 2 rings (SSSR count). The quantitative estimate of drug-likeness (QED) is 0.702. The van der Waals surface area contributed by atoms with Gasteiger partial charge < -0.3 is 14.0 Å². The van der Waals surface area contributed by atoms with E-state index in [9.17, 15) is 14.4 Å². The van der Waals surface area contributed by atoms with Crippen molar-refractivity contribution in [3.05, 3.63) is 71.8 Å². The molecular weight excluding hydrogens is 386 g/mol. The molecule has 0 bridgehead atoms. The van der Waals surface area contributed by atoms with Gasteiger partial charge in [-0.2, -0.15) is 0 Å². The summed E-state index contributed by atoms with van der Waals surface area (Å²) in [6.07, 6.45) is -1.77. The number of carbonyl (C=O) groups is 3. The molecule has 0 radical (unpaired) electrons. The summed E-state index contributed by atoms with van der Waals surface area (Å²) < 4.78 is 10.8. The van der Waals surface area contributed by atoms with E-state index in [2.05, 4.69) is 5.32 Å². The summed E-state index contributed by atoms with van der Waals surface area (Å²) in [4.78, 5) is 37.9. The van der Waals surface area contributed by atoms with Gasteiger partial charge in [-0.1, -0.05) is 60.7 Å². The van der Waals surface area contributed by atoms with E-state index in [1.54, 1.807) is 12.1 Å². The molecule has 0 atom stereocenters. The van der Waals surface area contributed by atoms with Crippen LogP contribution in [0.15, 0.2) is 60.7 Å². The lowest BCUT2D eigenvalue weighted by Gasteiger charge is -2.27. The zero-order valence-electron chi connectivity index (χ0n) is 17.5. The number of alkyl carbamates (subject to hydrolysis) is 1. The van der Waals surface area contributed by atoms with Gasteiger partial charge >= 0.3 is 18.2 Å². The first kappa shape index (κ1) is 22.9. The van der Waals surface area contributed by atoms with Crippen LogP contribution in [0.4, 0.5) is 14.4 Å². The van der Waals surface area contributed by atoms with Crippen LogP contribution in [0, 0.1) is 0 Å². The minimum absolute atomic E-state index is 0.0112. The van der Waals surface area contributed by atoms with E-state index in [1.165, 1.54) is 0 Å². The van der Waals surface area contributed by atoms with Crippen molar-refractivity contribution in [2.45, 2.75) is 13.2 Å². The van der Waals surface area contributed by atoms with Gasteiger partial charge in [0.15, 0.2) is 0 Å². The summed E-state index contributed by atoms with van der Waals surface area (Å²) in [6, 6.07) is 17.3. The Kier molecular flexibility index (Phi) is 8.37. The van der Waals surface area contributed by atoms with E-state index in [0.717, 1.165) is 16.0 Å². The number of urea groups is 1. The molecule has 4 amide bonds. The largest absolute Gasteiger partial charge is 0.444 e. The van der Waals surface area contributed by atoms with Crippen molar-refractivity contribution in [3.8, 4) is 0 Å². The lowest BCUT2D eigenvalue weighted by Crippen LogP contribution is -2.51. The van der Waals surface area contributed by atoms with Crippen LogP contribution in [-0.4, -0.2) is 61.8 Å². The van der Waals surface area contributed by atoms with Crippen molar-refractivity contribution >= 4 is 18.2 Å². The molecule has 0 saturated heterocycles. The first-order valence-electron chi connectivity index (χ1n) is 9.55. The molecule has 0 spiro atoms. The third-order valence-corrected chi connectivity index (χ3v) is 4.09. The number of nitrogens with one attached hydrogen (secondary N) is 1. The Balaban J connectivity index is 1.94. The van der Waals surface area contributed by atoms with Gasteiger partial charge in [0.05, 0.1) is 34.2 Å². The lowest BCUT2D eigenvalue weighted by molar-refractivity contribution is -0.869. The number of hydrogen-bond donors (Lipinski definition) is 1. The number of likely N-dealkylation sites (N-methyl/N-ethyl adjacent to an activating group) is 1.